The van der Waals surface area contributed by atoms with Crippen molar-refractivity contribution in [3.8, 4) is 6.07 Å². The molecule has 5 nitrogen and oxygen atoms in total. The lowest BCUT2D eigenvalue weighted by Gasteiger charge is -2.48. The van der Waals surface area contributed by atoms with Gasteiger partial charge in [0, 0.05) is 12.7 Å². The summed E-state index contributed by atoms with van der Waals surface area (Å²) in [6.45, 7) is 3.95. The van der Waals surface area contributed by atoms with Crippen molar-refractivity contribution in [2.45, 2.75) is 38.1 Å². The number of hydrogen-bond acceptors (Lipinski definition) is 5. The number of nitriles is 1. The average molecular weight is 300 g/mol. The largest absolute Gasteiger partial charge is 0.418 e. The molecule has 0 radical (unpaired) electrons. The Labute approximate surface area is 120 Å². The molecule has 2 heterocycles. The van der Waals surface area contributed by atoms with Crippen LogP contribution in [0.2, 0.25) is 0 Å². The molecule has 1 saturated heterocycles. The zero-order valence-corrected chi connectivity index (χ0v) is 11.9. The number of morpholine rings is 1. The highest BCUT2D eigenvalue weighted by atomic mass is 19.4. The first kappa shape index (κ1) is 15.5. The lowest BCUT2D eigenvalue weighted by Crippen LogP contribution is -2.64. The van der Waals surface area contributed by atoms with Gasteiger partial charge in [-0.1, -0.05) is 0 Å². The van der Waals surface area contributed by atoms with Crippen molar-refractivity contribution >= 4 is 5.95 Å². The van der Waals surface area contributed by atoms with Gasteiger partial charge < -0.3 is 9.64 Å². The van der Waals surface area contributed by atoms with Crippen LogP contribution in [0.25, 0.3) is 0 Å². The molecule has 0 aromatic carbocycles. The Hall–Kier alpha value is -1.88. The van der Waals surface area contributed by atoms with Gasteiger partial charge in [0.15, 0.2) is 5.60 Å². The fourth-order valence-corrected chi connectivity index (χ4v) is 2.41. The number of halogens is 3. The van der Waals surface area contributed by atoms with Crippen molar-refractivity contribution < 1.29 is 17.9 Å². The molecule has 0 spiro atoms. The third-order valence-corrected chi connectivity index (χ3v) is 3.21. The van der Waals surface area contributed by atoms with Crippen LogP contribution in [0.1, 0.15) is 26.5 Å². The second kappa shape index (κ2) is 4.84. The van der Waals surface area contributed by atoms with Gasteiger partial charge in [-0.05, 0) is 26.8 Å². The Bertz CT molecular complexity index is 582. The number of nitrogens with zero attached hydrogens (tertiary/aromatic N) is 4. The van der Waals surface area contributed by atoms with Crippen molar-refractivity contribution in [2.24, 2.45) is 0 Å². The van der Waals surface area contributed by atoms with Crippen LogP contribution >= 0.6 is 0 Å². The number of aromatic nitrogens is 2. The van der Waals surface area contributed by atoms with Gasteiger partial charge in [0.1, 0.15) is 11.8 Å². The molecule has 8 heteroatoms. The maximum atomic E-state index is 13.3. The standard InChI is InChI=1S/C13H15F3N4O/c1-11(2)7-20(8-12(3,21-11)13(14,15)16)10-18-5-4-9(6-17)19-10/h4-5H,7-8H2,1-3H3/t12-/m0/s1. The fourth-order valence-electron chi connectivity index (χ4n) is 2.41. The molecule has 1 fully saturated rings. The Kier molecular flexibility index (Phi) is 3.58. The van der Waals surface area contributed by atoms with E-state index < -0.39 is 23.9 Å². The molecule has 114 valence electrons. The van der Waals surface area contributed by atoms with Crippen LogP contribution in [0.3, 0.4) is 0 Å². The Morgan fingerprint density at radius 3 is 2.57 bits per heavy atom. The summed E-state index contributed by atoms with van der Waals surface area (Å²) in [4.78, 5) is 9.32. The molecule has 1 atom stereocenters. The summed E-state index contributed by atoms with van der Waals surface area (Å²) in [5.74, 6) is 0.0981. The van der Waals surface area contributed by atoms with E-state index in [0.717, 1.165) is 6.92 Å². The third kappa shape index (κ3) is 3.08. The Balaban J connectivity index is 2.38. The van der Waals surface area contributed by atoms with Gasteiger partial charge in [-0.2, -0.15) is 18.4 Å². The number of alkyl halides is 3. The smallest absolute Gasteiger partial charge is 0.356 e. The highest BCUT2D eigenvalue weighted by molar-refractivity contribution is 5.36. The normalized spacial score (nSPS) is 25.5. The zero-order valence-electron chi connectivity index (χ0n) is 11.9. The summed E-state index contributed by atoms with van der Waals surface area (Å²) in [6.07, 6.45) is -3.16. The minimum Gasteiger partial charge on any atom is -0.356 e. The van der Waals surface area contributed by atoms with E-state index in [0.29, 0.717) is 0 Å². The molecule has 0 bridgehead atoms. The lowest BCUT2D eigenvalue weighted by molar-refractivity contribution is -0.302. The summed E-state index contributed by atoms with van der Waals surface area (Å²) in [7, 11) is 0. The van der Waals surface area contributed by atoms with E-state index in [4.69, 9.17) is 10.00 Å². The SMILES string of the molecule is CC1(C)CN(c2nccc(C#N)n2)C[C@@](C)(C(F)(F)F)O1. The van der Waals surface area contributed by atoms with Crippen molar-refractivity contribution in [3.63, 3.8) is 0 Å². The molecule has 1 aromatic rings. The van der Waals surface area contributed by atoms with Crippen LogP contribution in [0.5, 0.6) is 0 Å². The average Bonchev–Trinajstić information content (AvgIpc) is 2.35. The first-order chi connectivity index (χ1) is 9.56. The predicted octanol–water partition coefficient (Wildman–Crippen LogP) is 2.28. The number of ether oxygens (including phenoxy) is 1. The van der Waals surface area contributed by atoms with Crippen LogP contribution < -0.4 is 4.90 Å². The van der Waals surface area contributed by atoms with Crippen molar-refractivity contribution in [3.05, 3.63) is 18.0 Å². The minimum atomic E-state index is -4.52. The molecule has 1 aromatic heterocycles. The van der Waals surface area contributed by atoms with E-state index >= 15 is 0 Å². The maximum Gasteiger partial charge on any atom is 0.418 e. The number of anilines is 1. The summed E-state index contributed by atoms with van der Waals surface area (Å²) in [5, 5.41) is 8.83. The zero-order chi connectivity index (χ0) is 15.9. The van der Waals surface area contributed by atoms with Gasteiger partial charge in [0.2, 0.25) is 5.95 Å². The fraction of sp³-hybridized carbons (Fsp3) is 0.615. The van der Waals surface area contributed by atoms with Crippen molar-refractivity contribution in [1.29, 1.82) is 5.26 Å². The van der Waals surface area contributed by atoms with Crippen LogP contribution in [-0.4, -0.2) is 40.4 Å². The van der Waals surface area contributed by atoms with E-state index in [1.54, 1.807) is 13.8 Å². The molecule has 0 unspecified atom stereocenters. The molecular formula is C13H15F3N4O. The van der Waals surface area contributed by atoms with E-state index in [9.17, 15) is 13.2 Å². The molecular weight excluding hydrogens is 285 g/mol. The summed E-state index contributed by atoms with van der Waals surface area (Å²) < 4.78 is 45.0. The summed E-state index contributed by atoms with van der Waals surface area (Å²) in [6, 6.07) is 3.25. The van der Waals surface area contributed by atoms with Gasteiger partial charge >= 0.3 is 6.18 Å². The molecule has 0 saturated carbocycles. The predicted molar refractivity (Wildman–Crippen MR) is 68.6 cm³/mol. The highest BCUT2D eigenvalue weighted by Gasteiger charge is 2.58. The third-order valence-electron chi connectivity index (χ3n) is 3.21. The van der Waals surface area contributed by atoms with Crippen molar-refractivity contribution in [2.75, 3.05) is 18.0 Å². The van der Waals surface area contributed by atoms with Gasteiger partial charge in [0.25, 0.3) is 0 Å². The molecule has 1 aliphatic heterocycles. The minimum absolute atomic E-state index is 0.0981. The maximum absolute atomic E-state index is 13.3. The first-order valence-electron chi connectivity index (χ1n) is 6.31. The van der Waals surface area contributed by atoms with E-state index in [1.165, 1.54) is 17.2 Å². The second-order valence-electron chi connectivity index (χ2n) is 5.80. The Morgan fingerprint density at radius 2 is 2.00 bits per heavy atom. The van der Waals surface area contributed by atoms with Crippen LogP contribution in [0.15, 0.2) is 12.3 Å². The molecule has 0 N–H and O–H groups in total. The molecule has 0 amide bonds. The van der Waals surface area contributed by atoms with Crippen LogP contribution in [0, 0.1) is 11.3 Å². The van der Waals surface area contributed by atoms with Crippen LogP contribution in [-0.2, 0) is 4.74 Å². The molecule has 21 heavy (non-hydrogen) atoms. The number of hydrogen-bond donors (Lipinski definition) is 0. The van der Waals surface area contributed by atoms with Gasteiger partial charge in [-0.15, -0.1) is 0 Å². The van der Waals surface area contributed by atoms with E-state index in [1.807, 2.05) is 6.07 Å². The Morgan fingerprint density at radius 1 is 1.33 bits per heavy atom. The summed E-state index contributed by atoms with van der Waals surface area (Å²) in [5.41, 5.74) is -3.23. The molecule has 0 aliphatic carbocycles. The molecule has 2 rings (SSSR count). The second-order valence-corrected chi connectivity index (χ2v) is 5.80. The van der Waals surface area contributed by atoms with E-state index in [-0.39, 0.29) is 18.2 Å². The molecule has 1 aliphatic rings. The van der Waals surface area contributed by atoms with Crippen LogP contribution in [0.4, 0.5) is 19.1 Å². The van der Waals surface area contributed by atoms with Gasteiger partial charge in [0.05, 0.1) is 12.1 Å². The van der Waals surface area contributed by atoms with Crippen molar-refractivity contribution in [1.82, 2.24) is 9.97 Å². The first-order valence-corrected chi connectivity index (χ1v) is 6.31. The van der Waals surface area contributed by atoms with Gasteiger partial charge in [-0.3, -0.25) is 0 Å². The highest BCUT2D eigenvalue weighted by Crippen LogP contribution is 2.41. The van der Waals surface area contributed by atoms with Gasteiger partial charge in [-0.25, -0.2) is 9.97 Å². The topological polar surface area (TPSA) is 62.0 Å². The quantitative estimate of drug-likeness (QED) is 0.796. The monoisotopic (exact) mass is 300 g/mol. The lowest BCUT2D eigenvalue weighted by atomic mass is 9.97. The summed E-state index contributed by atoms with van der Waals surface area (Å²) >= 11 is 0. The number of rotatable bonds is 1. The van der Waals surface area contributed by atoms with E-state index in [2.05, 4.69) is 9.97 Å².